The van der Waals surface area contributed by atoms with Gasteiger partial charge in [0.2, 0.25) is 3.79 Å². The minimum atomic E-state index is -4.17. The number of halogens is 3. The molecule has 1 aliphatic rings. The normalized spacial score (nSPS) is 17.4. The molecule has 0 unspecified atom stereocenters. The number of hydrogen-bond acceptors (Lipinski definition) is 4. The average molecular weight is 387 g/mol. The summed E-state index contributed by atoms with van der Waals surface area (Å²) in [7, 11) is -2.59. The van der Waals surface area contributed by atoms with Crippen molar-refractivity contribution in [3.63, 3.8) is 0 Å². The fourth-order valence-electron chi connectivity index (χ4n) is 2.16. The average Bonchev–Trinajstić information content (AvgIpc) is 2.44. The van der Waals surface area contributed by atoms with Gasteiger partial charge in [-0.05, 0) is 43.0 Å². The topological polar surface area (TPSA) is 65.0 Å². The molecule has 0 bridgehead atoms. The second-order valence-corrected chi connectivity index (χ2v) is 8.51. The zero-order valence-corrected chi connectivity index (χ0v) is 14.8. The maximum Gasteiger partial charge on any atom is 0.381 e. The van der Waals surface area contributed by atoms with Gasteiger partial charge in [0.15, 0.2) is 0 Å². The molecule has 0 aromatic heterocycles. The molecule has 122 valence electrons. The van der Waals surface area contributed by atoms with Crippen molar-refractivity contribution in [2.45, 2.75) is 23.1 Å². The van der Waals surface area contributed by atoms with Crippen molar-refractivity contribution in [2.24, 2.45) is 4.40 Å². The van der Waals surface area contributed by atoms with Gasteiger partial charge in [-0.15, -0.1) is 4.40 Å². The Kier molecular flexibility index (Phi) is 5.61. The van der Waals surface area contributed by atoms with E-state index >= 15 is 0 Å². The predicted molar refractivity (Wildman–Crippen MR) is 87.6 cm³/mol. The first-order valence-corrected chi connectivity index (χ1v) is 8.92. The molecule has 5 nitrogen and oxygen atoms in total. The minimum absolute atomic E-state index is 0.438. The standard InChI is InChI=1S/C13H14Cl3NO4S/c1-20-10-5-6-11-9(7-10)3-2-4-12(11)17-22(18,19)21-8-13(14,15)16/h5-7H,2-4,8H2,1H3. The third-order valence-electron chi connectivity index (χ3n) is 3.08. The molecule has 0 radical (unpaired) electrons. The molecule has 2 rings (SSSR count). The lowest BCUT2D eigenvalue weighted by Crippen LogP contribution is -2.19. The van der Waals surface area contributed by atoms with Crippen molar-refractivity contribution in [1.82, 2.24) is 0 Å². The van der Waals surface area contributed by atoms with Crippen LogP contribution >= 0.6 is 34.8 Å². The van der Waals surface area contributed by atoms with E-state index in [1.807, 2.05) is 6.07 Å². The number of aryl methyl sites for hydroxylation is 1. The molecule has 0 saturated carbocycles. The summed E-state index contributed by atoms with van der Waals surface area (Å²) in [5.41, 5.74) is 2.20. The van der Waals surface area contributed by atoms with Gasteiger partial charge < -0.3 is 4.74 Å². The summed E-state index contributed by atoms with van der Waals surface area (Å²) in [5, 5.41) is 0. The molecule has 22 heavy (non-hydrogen) atoms. The zero-order valence-electron chi connectivity index (χ0n) is 11.7. The van der Waals surface area contributed by atoms with Crippen molar-refractivity contribution in [3.05, 3.63) is 29.3 Å². The molecule has 0 aliphatic heterocycles. The van der Waals surface area contributed by atoms with E-state index < -0.39 is 20.7 Å². The van der Waals surface area contributed by atoms with Crippen molar-refractivity contribution in [3.8, 4) is 5.75 Å². The summed E-state index contributed by atoms with van der Waals surface area (Å²) in [5.74, 6) is 0.718. The Morgan fingerprint density at radius 2 is 2.00 bits per heavy atom. The highest BCUT2D eigenvalue weighted by atomic mass is 35.6. The first-order valence-electron chi connectivity index (χ1n) is 6.42. The maximum absolute atomic E-state index is 11.9. The fraction of sp³-hybridized carbons (Fsp3) is 0.462. The molecule has 0 heterocycles. The largest absolute Gasteiger partial charge is 0.497 e. The Morgan fingerprint density at radius 3 is 2.64 bits per heavy atom. The number of benzene rings is 1. The zero-order chi connectivity index (χ0) is 16.4. The summed E-state index contributed by atoms with van der Waals surface area (Å²) in [6, 6.07) is 5.42. The van der Waals surface area contributed by atoms with Crippen LogP contribution in [0, 0.1) is 0 Å². The van der Waals surface area contributed by atoms with Crippen LogP contribution in [0.1, 0.15) is 24.0 Å². The van der Waals surface area contributed by atoms with Gasteiger partial charge in [-0.3, -0.25) is 0 Å². The Balaban J connectivity index is 2.27. The van der Waals surface area contributed by atoms with Crippen LogP contribution in [0.4, 0.5) is 0 Å². The highest BCUT2D eigenvalue weighted by Gasteiger charge is 2.25. The van der Waals surface area contributed by atoms with Crippen LogP contribution in [0.2, 0.25) is 0 Å². The van der Waals surface area contributed by atoms with E-state index in [9.17, 15) is 8.42 Å². The second-order valence-electron chi connectivity index (χ2n) is 4.72. The van der Waals surface area contributed by atoms with Crippen LogP contribution < -0.4 is 4.74 Å². The lowest BCUT2D eigenvalue weighted by atomic mass is 9.90. The number of nitrogens with zero attached hydrogens (tertiary/aromatic N) is 1. The SMILES string of the molecule is COc1ccc2c(c1)CCCC2=NS(=O)(=O)OCC(Cl)(Cl)Cl. The summed E-state index contributed by atoms with van der Waals surface area (Å²) in [6.07, 6.45) is 2.16. The molecule has 9 heteroatoms. The van der Waals surface area contributed by atoms with Gasteiger partial charge in [0, 0.05) is 5.56 Å². The van der Waals surface area contributed by atoms with Gasteiger partial charge in [0.05, 0.1) is 12.8 Å². The Labute approximate surface area is 144 Å². The molecular formula is C13H14Cl3NO4S. The third kappa shape index (κ3) is 4.99. The number of hydrogen-bond donors (Lipinski definition) is 0. The lowest BCUT2D eigenvalue weighted by Gasteiger charge is -2.18. The third-order valence-corrected chi connectivity index (χ3v) is 4.26. The Hall–Kier alpha value is -0.530. The van der Waals surface area contributed by atoms with Crippen molar-refractivity contribution in [2.75, 3.05) is 13.7 Å². The molecule has 0 saturated heterocycles. The molecule has 1 aromatic carbocycles. The second kappa shape index (κ2) is 6.93. The minimum Gasteiger partial charge on any atom is -0.497 e. The van der Waals surface area contributed by atoms with Crippen LogP contribution in [0.25, 0.3) is 0 Å². The summed E-state index contributed by atoms with van der Waals surface area (Å²) in [6.45, 7) is -0.591. The molecule has 1 aromatic rings. The first kappa shape index (κ1) is 17.8. The first-order chi connectivity index (χ1) is 10.2. The summed E-state index contributed by atoms with van der Waals surface area (Å²) >= 11 is 16.4. The molecular weight excluding hydrogens is 373 g/mol. The van der Waals surface area contributed by atoms with E-state index in [2.05, 4.69) is 8.58 Å². The Morgan fingerprint density at radius 1 is 1.27 bits per heavy atom. The number of alkyl halides is 3. The van der Waals surface area contributed by atoms with E-state index in [0.29, 0.717) is 12.1 Å². The van der Waals surface area contributed by atoms with Gasteiger partial charge >= 0.3 is 10.3 Å². The monoisotopic (exact) mass is 385 g/mol. The smallest absolute Gasteiger partial charge is 0.381 e. The molecule has 0 N–H and O–H groups in total. The van der Waals surface area contributed by atoms with Gasteiger partial charge in [0.25, 0.3) is 0 Å². The number of rotatable bonds is 4. The van der Waals surface area contributed by atoms with Crippen LogP contribution in [0.15, 0.2) is 22.6 Å². The summed E-state index contributed by atoms with van der Waals surface area (Å²) < 4.78 is 35.4. The number of fused-ring (bicyclic) bond motifs is 1. The van der Waals surface area contributed by atoms with Crippen LogP contribution in [0.5, 0.6) is 5.75 Å². The highest BCUT2D eigenvalue weighted by Crippen LogP contribution is 2.28. The molecule has 0 fully saturated rings. The molecule has 0 amide bonds. The maximum atomic E-state index is 11.9. The predicted octanol–water partition coefficient (Wildman–Crippen LogP) is 3.45. The summed E-state index contributed by atoms with van der Waals surface area (Å²) in [4.78, 5) is 0. The quantitative estimate of drug-likeness (QED) is 0.743. The van der Waals surface area contributed by atoms with E-state index in [0.717, 1.165) is 29.7 Å². The molecule has 0 atom stereocenters. The van der Waals surface area contributed by atoms with Crippen LogP contribution in [-0.2, 0) is 20.9 Å². The fourth-order valence-corrected chi connectivity index (χ4v) is 3.36. The van der Waals surface area contributed by atoms with E-state index in [4.69, 9.17) is 39.5 Å². The highest BCUT2D eigenvalue weighted by molar-refractivity contribution is 7.85. The Bertz CT molecular complexity index is 683. The van der Waals surface area contributed by atoms with Gasteiger partial charge in [0.1, 0.15) is 12.4 Å². The van der Waals surface area contributed by atoms with Gasteiger partial charge in [-0.1, -0.05) is 34.8 Å². The lowest BCUT2D eigenvalue weighted by molar-refractivity contribution is 0.326. The van der Waals surface area contributed by atoms with E-state index in [1.54, 1.807) is 19.2 Å². The van der Waals surface area contributed by atoms with E-state index in [-0.39, 0.29) is 0 Å². The van der Waals surface area contributed by atoms with Crippen molar-refractivity contribution in [1.29, 1.82) is 0 Å². The number of methoxy groups -OCH3 is 1. The molecule has 1 aliphatic carbocycles. The van der Waals surface area contributed by atoms with Crippen LogP contribution in [0.3, 0.4) is 0 Å². The number of ether oxygens (including phenoxy) is 1. The van der Waals surface area contributed by atoms with Gasteiger partial charge in [-0.2, -0.15) is 8.42 Å². The van der Waals surface area contributed by atoms with Crippen molar-refractivity contribution < 1.29 is 17.3 Å². The molecule has 0 spiro atoms. The van der Waals surface area contributed by atoms with Crippen molar-refractivity contribution >= 4 is 50.8 Å². The van der Waals surface area contributed by atoms with Crippen LogP contribution in [-0.4, -0.2) is 31.6 Å². The van der Waals surface area contributed by atoms with Gasteiger partial charge in [-0.25, -0.2) is 4.18 Å². The van der Waals surface area contributed by atoms with E-state index in [1.165, 1.54) is 0 Å².